The number of fused-ring (bicyclic) bond motifs is 1. The van der Waals surface area contributed by atoms with E-state index in [-0.39, 0.29) is 40.3 Å². The summed E-state index contributed by atoms with van der Waals surface area (Å²) in [5.74, 6) is -2.01. The molecule has 10 heteroatoms. The van der Waals surface area contributed by atoms with E-state index in [4.69, 9.17) is 0 Å². The van der Waals surface area contributed by atoms with E-state index >= 15 is 4.39 Å². The Morgan fingerprint density at radius 3 is 2.59 bits per heavy atom. The van der Waals surface area contributed by atoms with Crippen molar-refractivity contribution >= 4 is 22.6 Å². The van der Waals surface area contributed by atoms with E-state index in [1.807, 2.05) is 32.6 Å². The first-order valence-electron chi connectivity index (χ1n) is 13.4. The first kappa shape index (κ1) is 27.9. The van der Waals surface area contributed by atoms with Crippen LogP contribution in [0.4, 0.5) is 14.6 Å². The molecule has 0 radical (unpaired) electrons. The van der Waals surface area contributed by atoms with E-state index in [1.54, 1.807) is 17.2 Å². The zero-order chi connectivity index (χ0) is 29.6. The lowest BCUT2D eigenvalue weighted by Crippen LogP contribution is -2.54. The largest absolute Gasteiger partial charge is 0.507 e. The minimum atomic E-state index is -0.802. The number of phenols is 1. The fraction of sp³-hybridized carbons (Fsp3) is 0.290. The lowest BCUT2D eigenvalue weighted by molar-refractivity contribution is -0.126. The quantitative estimate of drug-likeness (QED) is 0.343. The number of aromatic hydroxyl groups is 1. The molecule has 4 aromatic rings. The van der Waals surface area contributed by atoms with Crippen LogP contribution in [0.1, 0.15) is 37.9 Å². The van der Waals surface area contributed by atoms with Gasteiger partial charge in [0.05, 0.1) is 22.5 Å². The van der Waals surface area contributed by atoms with Crippen molar-refractivity contribution in [2.45, 2.75) is 39.7 Å². The first-order valence-corrected chi connectivity index (χ1v) is 13.4. The van der Waals surface area contributed by atoms with Crippen LogP contribution in [0.3, 0.4) is 0 Å². The van der Waals surface area contributed by atoms with Crippen molar-refractivity contribution < 1.29 is 18.7 Å². The summed E-state index contributed by atoms with van der Waals surface area (Å²) in [6, 6.07) is 7.88. The molecule has 41 heavy (non-hydrogen) atoms. The molecule has 0 unspecified atom stereocenters. The summed E-state index contributed by atoms with van der Waals surface area (Å²) in [5.41, 5.74) is 1.09. The Kier molecular flexibility index (Phi) is 7.33. The number of benzene rings is 2. The van der Waals surface area contributed by atoms with Gasteiger partial charge in [0.2, 0.25) is 5.91 Å². The Labute approximate surface area is 236 Å². The standard InChI is InChI=1S/C31H31F2N5O3/c1-6-26(40)36-12-13-37(19(5)16-36)30-21-14-23(33)20(27-22(32)8-7-9-25(27)39)15-24(21)38(31(41)35-30)29-18(4)10-11-34-28(29)17(2)3/h6-11,14-15,17,19,39H,1,12-13,16H2,2-5H3/t19-/m0/s1. The number of anilines is 1. The van der Waals surface area contributed by atoms with Crippen molar-refractivity contribution in [2.75, 3.05) is 24.5 Å². The van der Waals surface area contributed by atoms with Crippen molar-refractivity contribution in [3.63, 3.8) is 0 Å². The number of rotatable bonds is 5. The van der Waals surface area contributed by atoms with Gasteiger partial charge in [-0.05, 0) is 61.7 Å². The van der Waals surface area contributed by atoms with E-state index in [1.165, 1.54) is 34.9 Å². The Morgan fingerprint density at radius 1 is 1.17 bits per heavy atom. The van der Waals surface area contributed by atoms with Crippen LogP contribution in [0.5, 0.6) is 5.75 Å². The van der Waals surface area contributed by atoms with Crippen LogP contribution in [-0.2, 0) is 4.79 Å². The molecule has 2 aromatic carbocycles. The average molecular weight is 560 g/mol. The number of hydrogen-bond donors (Lipinski definition) is 1. The molecule has 0 aliphatic carbocycles. The topological polar surface area (TPSA) is 91.6 Å². The lowest BCUT2D eigenvalue weighted by atomic mass is 9.99. The number of carbonyl (C=O) groups is 1. The van der Waals surface area contributed by atoms with Crippen LogP contribution in [0.25, 0.3) is 27.7 Å². The Bertz CT molecular complexity index is 1730. The van der Waals surface area contributed by atoms with Crippen molar-refractivity contribution in [1.82, 2.24) is 19.4 Å². The molecule has 5 rings (SSSR count). The highest BCUT2D eigenvalue weighted by Crippen LogP contribution is 2.38. The van der Waals surface area contributed by atoms with Gasteiger partial charge in [-0.2, -0.15) is 4.98 Å². The van der Waals surface area contributed by atoms with Gasteiger partial charge in [-0.1, -0.05) is 26.5 Å². The monoisotopic (exact) mass is 559 g/mol. The molecule has 1 N–H and O–H groups in total. The lowest BCUT2D eigenvalue weighted by Gasteiger charge is -2.40. The van der Waals surface area contributed by atoms with E-state index < -0.39 is 23.1 Å². The van der Waals surface area contributed by atoms with Gasteiger partial charge >= 0.3 is 5.69 Å². The van der Waals surface area contributed by atoms with E-state index in [0.29, 0.717) is 36.4 Å². The van der Waals surface area contributed by atoms with Crippen molar-refractivity contribution in [1.29, 1.82) is 0 Å². The van der Waals surface area contributed by atoms with Crippen molar-refractivity contribution in [3.05, 3.63) is 88.6 Å². The number of halogens is 2. The minimum absolute atomic E-state index is 0.0578. The summed E-state index contributed by atoms with van der Waals surface area (Å²) in [4.78, 5) is 38.7. The van der Waals surface area contributed by atoms with Gasteiger partial charge in [0.15, 0.2) is 0 Å². The van der Waals surface area contributed by atoms with Gasteiger partial charge in [-0.25, -0.2) is 13.6 Å². The van der Waals surface area contributed by atoms with Crippen LogP contribution in [-0.4, -0.2) is 56.1 Å². The molecule has 0 bridgehead atoms. The van der Waals surface area contributed by atoms with E-state index in [2.05, 4.69) is 16.5 Å². The van der Waals surface area contributed by atoms with Crippen molar-refractivity contribution in [2.24, 2.45) is 0 Å². The molecular formula is C31H31F2N5O3. The maximum absolute atomic E-state index is 15.9. The Balaban J connectivity index is 1.83. The number of nitrogens with zero attached hydrogens (tertiary/aromatic N) is 5. The summed E-state index contributed by atoms with van der Waals surface area (Å²) in [7, 11) is 0. The van der Waals surface area contributed by atoms with Crippen LogP contribution in [0.15, 0.2) is 60.0 Å². The Morgan fingerprint density at radius 2 is 1.93 bits per heavy atom. The molecule has 0 saturated carbocycles. The zero-order valence-corrected chi connectivity index (χ0v) is 23.4. The summed E-state index contributed by atoms with van der Waals surface area (Å²) in [6.45, 7) is 12.3. The molecule has 2 aromatic heterocycles. The molecule has 1 amide bonds. The molecule has 1 atom stereocenters. The number of aryl methyl sites for hydroxylation is 1. The number of piperazine rings is 1. The third-order valence-corrected chi connectivity index (χ3v) is 7.53. The normalized spacial score (nSPS) is 15.5. The fourth-order valence-corrected chi connectivity index (χ4v) is 5.52. The maximum Gasteiger partial charge on any atom is 0.354 e. The predicted octanol–water partition coefficient (Wildman–Crippen LogP) is 5.09. The smallest absolute Gasteiger partial charge is 0.354 e. The number of amides is 1. The second-order valence-electron chi connectivity index (χ2n) is 10.6. The molecule has 1 fully saturated rings. The first-order chi connectivity index (χ1) is 19.5. The third-order valence-electron chi connectivity index (χ3n) is 7.53. The Hall–Kier alpha value is -4.60. The van der Waals surface area contributed by atoms with Gasteiger partial charge in [-0.15, -0.1) is 0 Å². The van der Waals surface area contributed by atoms with Crippen LogP contribution < -0.4 is 10.6 Å². The molecule has 0 spiro atoms. The summed E-state index contributed by atoms with van der Waals surface area (Å²) >= 11 is 0. The molecule has 1 aliphatic heterocycles. The SMILES string of the molecule is C=CC(=O)N1CCN(c2nc(=O)n(-c3c(C)ccnc3C(C)C)c3cc(-c4c(O)cccc4F)c(F)cc23)[C@@H](C)C1. The number of carbonyl (C=O) groups excluding carboxylic acids is 1. The highest BCUT2D eigenvalue weighted by molar-refractivity contribution is 5.95. The van der Waals surface area contributed by atoms with Crippen molar-refractivity contribution in [3.8, 4) is 22.6 Å². The number of pyridine rings is 1. The van der Waals surface area contributed by atoms with Gasteiger partial charge < -0.3 is 14.9 Å². The second-order valence-corrected chi connectivity index (χ2v) is 10.6. The summed E-state index contributed by atoms with van der Waals surface area (Å²) < 4.78 is 32.2. The van der Waals surface area contributed by atoms with Crippen LogP contribution in [0.2, 0.25) is 0 Å². The molecule has 1 aliphatic rings. The second kappa shape index (κ2) is 10.8. The summed E-state index contributed by atoms with van der Waals surface area (Å²) in [5, 5.41) is 10.8. The summed E-state index contributed by atoms with van der Waals surface area (Å²) in [6.07, 6.45) is 2.92. The minimum Gasteiger partial charge on any atom is -0.507 e. The fourth-order valence-electron chi connectivity index (χ4n) is 5.52. The van der Waals surface area contributed by atoms with E-state index in [0.717, 1.165) is 11.6 Å². The predicted molar refractivity (Wildman–Crippen MR) is 155 cm³/mol. The van der Waals surface area contributed by atoms with E-state index in [9.17, 15) is 19.1 Å². The number of hydrogen-bond acceptors (Lipinski definition) is 6. The molecule has 212 valence electrons. The molecular weight excluding hydrogens is 528 g/mol. The molecule has 8 nitrogen and oxygen atoms in total. The van der Waals surface area contributed by atoms with Crippen LogP contribution >= 0.6 is 0 Å². The third kappa shape index (κ3) is 4.83. The zero-order valence-electron chi connectivity index (χ0n) is 23.4. The number of aromatic nitrogens is 3. The molecule has 3 heterocycles. The highest BCUT2D eigenvalue weighted by Gasteiger charge is 2.30. The van der Waals surface area contributed by atoms with Crippen LogP contribution in [0, 0.1) is 18.6 Å². The maximum atomic E-state index is 15.9. The average Bonchev–Trinajstić information content (AvgIpc) is 2.93. The van der Waals surface area contributed by atoms with Gasteiger partial charge in [-0.3, -0.25) is 14.3 Å². The van der Waals surface area contributed by atoms with Gasteiger partial charge in [0, 0.05) is 42.8 Å². The van der Waals surface area contributed by atoms with Gasteiger partial charge in [0.1, 0.15) is 23.2 Å². The number of phenolic OH excluding ortho intramolecular Hbond substituents is 1. The van der Waals surface area contributed by atoms with Gasteiger partial charge in [0.25, 0.3) is 0 Å². The molecule has 1 saturated heterocycles. The highest BCUT2D eigenvalue weighted by atomic mass is 19.1.